The van der Waals surface area contributed by atoms with Gasteiger partial charge in [-0.2, -0.15) is 5.10 Å². The summed E-state index contributed by atoms with van der Waals surface area (Å²) in [6.07, 6.45) is 5.24. The molecule has 1 aromatic carbocycles. The van der Waals surface area contributed by atoms with E-state index in [-0.39, 0.29) is 33.3 Å². The summed E-state index contributed by atoms with van der Waals surface area (Å²) in [5.74, 6) is -1.47. The number of hydrogen-bond acceptors (Lipinski definition) is 7. The second kappa shape index (κ2) is 8.60. The van der Waals surface area contributed by atoms with Gasteiger partial charge in [0.05, 0.1) is 11.8 Å². The van der Waals surface area contributed by atoms with Crippen LogP contribution in [0.4, 0.5) is 25.3 Å². The first-order valence-electron chi connectivity index (χ1n) is 9.89. The number of nitrogens with two attached hydrogens (primary N) is 2. The van der Waals surface area contributed by atoms with Crippen LogP contribution < -0.4 is 22.1 Å². The highest BCUT2D eigenvalue weighted by molar-refractivity contribution is 7.19. The number of rotatable bonds is 5. The van der Waals surface area contributed by atoms with E-state index in [9.17, 15) is 13.6 Å². The maximum Gasteiger partial charge on any atom is 0.277 e. The Kier molecular flexibility index (Phi) is 5.88. The zero-order valence-corrected chi connectivity index (χ0v) is 17.7. The molecular weight excluding hydrogens is 424 g/mol. The van der Waals surface area contributed by atoms with Crippen LogP contribution in [-0.2, 0) is 7.05 Å². The molecule has 2 heterocycles. The van der Waals surface area contributed by atoms with Gasteiger partial charge in [-0.1, -0.05) is 17.4 Å². The number of halogens is 2. The molecule has 11 heteroatoms. The fraction of sp³-hybridized carbons (Fsp3) is 0.350. The van der Waals surface area contributed by atoms with Crippen molar-refractivity contribution in [2.24, 2.45) is 12.8 Å². The first-order chi connectivity index (χ1) is 14.8. The lowest BCUT2D eigenvalue weighted by atomic mass is 9.92. The van der Waals surface area contributed by atoms with E-state index >= 15 is 0 Å². The SMILES string of the molecule is Cn1ncc(NC(=O)c2nc(-c3c(F)cccc3F)sc2N)c1N[C@H]1CC[C@H](N)CC1. The summed E-state index contributed by atoms with van der Waals surface area (Å²) >= 11 is 0.850. The summed E-state index contributed by atoms with van der Waals surface area (Å²) in [5, 5.41) is 10.4. The minimum absolute atomic E-state index is 0.00123. The molecule has 0 bridgehead atoms. The third-order valence-electron chi connectivity index (χ3n) is 5.34. The van der Waals surface area contributed by atoms with E-state index in [4.69, 9.17) is 11.5 Å². The molecule has 3 aromatic rings. The number of aromatic nitrogens is 3. The lowest BCUT2D eigenvalue weighted by Crippen LogP contribution is -2.33. The molecule has 0 unspecified atom stereocenters. The number of aryl methyl sites for hydroxylation is 1. The van der Waals surface area contributed by atoms with Crippen molar-refractivity contribution < 1.29 is 13.6 Å². The average Bonchev–Trinajstić information content (AvgIpc) is 3.27. The van der Waals surface area contributed by atoms with Gasteiger partial charge in [0.1, 0.15) is 33.1 Å². The third-order valence-corrected chi connectivity index (χ3v) is 6.25. The van der Waals surface area contributed by atoms with Crippen LogP contribution in [-0.4, -0.2) is 32.8 Å². The number of benzene rings is 1. The van der Waals surface area contributed by atoms with Crippen LogP contribution in [0, 0.1) is 11.6 Å². The number of carbonyl (C=O) groups excluding carboxylic acids is 1. The number of hydrogen-bond donors (Lipinski definition) is 4. The molecule has 0 spiro atoms. The number of nitrogen functional groups attached to an aromatic ring is 1. The summed E-state index contributed by atoms with van der Waals surface area (Å²) < 4.78 is 29.8. The van der Waals surface area contributed by atoms with Gasteiger partial charge >= 0.3 is 0 Å². The number of carbonyl (C=O) groups is 1. The van der Waals surface area contributed by atoms with Gasteiger partial charge in [0.25, 0.3) is 5.91 Å². The first kappa shape index (κ1) is 21.2. The highest BCUT2D eigenvalue weighted by Crippen LogP contribution is 2.34. The lowest BCUT2D eigenvalue weighted by molar-refractivity contribution is 0.102. The molecule has 0 atom stereocenters. The van der Waals surface area contributed by atoms with Gasteiger partial charge in [-0.3, -0.25) is 9.48 Å². The molecule has 0 aliphatic heterocycles. The first-order valence-corrected chi connectivity index (χ1v) is 10.7. The normalized spacial score (nSPS) is 18.7. The Labute approximate surface area is 181 Å². The lowest BCUT2D eigenvalue weighted by Gasteiger charge is -2.27. The fourth-order valence-electron chi connectivity index (χ4n) is 3.64. The molecule has 1 aliphatic carbocycles. The number of thiazole rings is 1. The van der Waals surface area contributed by atoms with E-state index in [1.807, 2.05) is 0 Å². The van der Waals surface area contributed by atoms with Gasteiger partial charge in [0.15, 0.2) is 5.69 Å². The topological polar surface area (TPSA) is 124 Å². The zero-order chi connectivity index (χ0) is 22.1. The van der Waals surface area contributed by atoms with Crippen LogP contribution in [0.25, 0.3) is 10.6 Å². The zero-order valence-electron chi connectivity index (χ0n) is 16.9. The Hall–Kier alpha value is -3.05. The number of nitrogens with zero attached hydrogens (tertiary/aromatic N) is 3. The van der Waals surface area contributed by atoms with Crippen molar-refractivity contribution in [3.63, 3.8) is 0 Å². The molecular formula is C20H23F2N7OS. The molecule has 0 radical (unpaired) electrons. The van der Waals surface area contributed by atoms with Crippen LogP contribution in [0.5, 0.6) is 0 Å². The van der Waals surface area contributed by atoms with Crippen LogP contribution in [0.15, 0.2) is 24.4 Å². The van der Waals surface area contributed by atoms with E-state index in [1.54, 1.807) is 11.7 Å². The summed E-state index contributed by atoms with van der Waals surface area (Å²) in [4.78, 5) is 16.9. The van der Waals surface area contributed by atoms with Crippen molar-refractivity contribution in [3.8, 4) is 10.6 Å². The van der Waals surface area contributed by atoms with Crippen molar-refractivity contribution >= 4 is 33.8 Å². The van der Waals surface area contributed by atoms with E-state index in [0.29, 0.717) is 11.5 Å². The largest absolute Gasteiger partial charge is 0.389 e. The molecule has 4 rings (SSSR count). The Bertz CT molecular complexity index is 1080. The van der Waals surface area contributed by atoms with Crippen LogP contribution in [0.2, 0.25) is 0 Å². The van der Waals surface area contributed by atoms with Crippen molar-refractivity contribution in [1.82, 2.24) is 14.8 Å². The number of nitrogens with one attached hydrogen (secondary N) is 2. The molecule has 0 saturated heterocycles. The van der Waals surface area contributed by atoms with Gasteiger partial charge in [0.2, 0.25) is 0 Å². The molecule has 6 N–H and O–H groups in total. The van der Waals surface area contributed by atoms with Crippen molar-refractivity contribution in [2.45, 2.75) is 37.8 Å². The Morgan fingerprint density at radius 3 is 2.58 bits per heavy atom. The summed E-state index contributed by atoms with van der Waals surface area (Å²) in [6.45, 7) is 0. The maximum absolute atomic E-state index is 14.1. The molecule has 31 heavy (non-hydrogen) atoms. The second-order valence-electron chi connectivity index (χ2n) is 7.57. The molecule has 1 saturated carbocycles. The minimum Gasteiger partial charge on any atom is -0.389 e. The monoisotopic (exact) mass is 447 g/mol. The molecule has 1 aliphatic rings. The summed E-state index contributed by atoms with van der Waals surface area (Å²) in [6, 6.07) is 3.97. The predicted molar refractivity (Wildman–Crippen MR) is 117 cm³/mol. The van der Waals surface area contributed by atoms with Crippen molar-refractivity contribution in [1.29, 1.82) is 0 Å². The quantitative estimate of drug-likeness (QED) is 0.476. The Morgan fingerprint density at radius 1 is 1.23 bits per heavy atom. The number of anilines is 3. The van der Waals surface area contributed by atoms with Gasteiger partial charge in [0, 0.05) is 19.1 Å². The van der Waals surface area contributed by atoms with Gasteiger partial charge in [-0.15, -0.1) is 0 Å². The smallest absolute Gasteiger partial charge is 0.277 e. The van der Waals surface area contributed by atoms with E-state index in [0.717, 1.165) is 49.2 Å². The van der Waals surface area contributed by atoms with Gasteiger partial charge < -0.3 is 22.1 Å². The van der Waals surface area contributed by atoms with Gasteiger partial charge in [-0.05, 0) is 37.8 Å². The van der Waals surface area contributed by atoms with Crippen LogP contribution >= 0.6 is 11.3 Å². The molecule has 1 amide bonds. The second-order valence-corrected chi connectivity index (χ2v) is 8.60. The number of amides is 1. The molecule has 164 valence electrons. The Balaban J connectivity index is 1.54. The van der Waals surface area contributed by atoms with E-state index in [1.165, 1.54) is 12.3 Å². The Morgan fingerprint density at radius 2 is 1.90 bits per heavy atom. The summed E-state index contributed by atoms with van der Waals surface area (Å²) in [5.41, 5.74) is 12.0. The summed E-state index contributed by atoms with van der Waals surface area (Å²) in [7, 11) is 1.77. The minimum atomic E-state index is -0.772. The molecule has 2 aromatic heterocycles. The average molecular weight is 448 g/mol. The highest BCUT2D eigenvalue weighted by atomic mass is 32.1. The van der Waals surface area contributed by atoms with Crippen molar-refractivity contribution in [2.75, 3.05) is 16.4 Å². The highest BCUT2D eigenvalue weighted by Gasteiger charge is 2.24. The van der Waals surface area contributed by atoms with Crippen LogP contribution in [0.3, 0.4) is 0 Å². The standard InChI is InChI=1S/C20H23F2N7OS/c1-29-18(26-11-7-5-10(23)6-8-11)14(9-25-29)27-19(30)16-17(24)31-20(28-16)15-12(21)3-2-4-13(15)22/h2-4,9-11,26H,5-8,23-24H2,1H3,(H,27,30)/t10-,11-. The molecule has 1 fully saturated rings. The molecule has 8 nitrogen and oxygen atoms in total. The van der Waals surface area contributed by atoms with Crippen molar-refractivity contribution in [3.05, 3.63) is 41.7 Å². The van der Waals surface area contributed by atoms with E-state index in [2.05, 4.69) is 20.7 Å². The van der Waals surface area contributed by atoms with Crippen LogP contribution in [0.1, 0.15) is 36.2 Å². The third kappa shape index (κ3) is 4.37. The fourth-order valence-corrected chi connectivity index (χ4v) is 4.52. The predicted octanol–water partition coefficient (Wildman–Crippen LogP) is 3.34. The van der Waals surface area contributed by atoms with E-state index < -0.39 is 17.5 Å². The maximum atomic E-state index is 14.1. The van der Waals surface area contributed by atoms with Gasteiger partial charge in [-0.25, -0.2) is 13.8 Å².